The summed E-state index contributed by atoms with van der Waals surface area (Å²) in [5.74, 6) is -6.00. The second-order valence-electron chi connectivity index (χ2n) is 7.53. The fourth-order valence-corrected chi connectivity index (χ4v) is 2.57. The molecule has 0 bridgehead atoms. The second kappa shape index (κ2) is 14.6. The average Bonchev–Trinajstić information content (AvgIpc) is 2.70. The number of aliphatic hydroxyl groups excluding tert-OH is 1. The van der Waals surface area contributed by atoms with Gasteiger partial charge >= 0.3 is 11.9 Å². The predicted octanol–water partition coefficient (Wildman–Crippen LogP) is -3.97. The molecule has 0 aliphatic carbocycles. The third-order valence-electron chi connectivity index (χ3n) is 4.36. The summed E-state index contributed by atoms with van der Waals surface area (Å²) in [6.07, 6.45) is -0.466. The number of hydrogen-bond donors (Lipinski definition) is 9. The maximum atomic E-state index is 12.7. The highest BCUT2D eigenvalue weighted by Gasteiger charge is 2.31. The minimum atomic E-state index is -1.54. The Bertz CT molecular complexity index is 739. The first-order valence-electron chi connectivity index (χ1n) is 10.1. The molecule has 12 N–H and O–H groups in total. The van der Waals surface area contributed by atoms with Crippen LogP contribution in [0.5, 0.6) is 0 Å². The summed E-state index contributed by atoms with van der Waals surface area (Å²) in [7, 11) is 0. The van der Waals surface area contributed by atoms with E-state index < -0.39 is 72.8 Å². The largest absolute Gasteiger partial charge is 0.481 e. The quantitative estimate of drug-likeness (QED) is 0.0625. The summed E-state index contributed by atoms with van der Waals surface area (Å²) in [4.78, 5) is 63.0. The van der Waals surface area contributed by atoms with Crippen LogP contribution in [0.15, 0.2) is 4.99 Å². The van der Waals surface area contributed by atoms with Gasteiger partial charge in [-0.3, -0.25) is 24.2 Å². The molecule has 0 aromatic heterocycles. The van der Waals surface area contributed by atoms with Gasteiger partial charge in [0.25, 0.3) is 0 Å². The van der Waals surface area contributed by atoms with E-state index in [9.17, 15) is 34.2 Å². The zero-order valence-electron chi connectivity index (χ0n) is 18.5. The first-order chi connectivity index (χ1) is 15.3. The van der Waals surface area contributed by atoms with Gasteiger partial charge in [-0.25, -0.2) is 4.79 Å². The Morgan fingerprint density at radius 2 is 1.45 bits per heavy atom. The minimum Gasteiger partial charge on any atom is -0.481 e. The van der Waals surface area contributed by atoms with Gasteiger partial charge in [-0.15, -0.1) is 0 Å². The van der Waals surface area contributed by atoms with Gasteiger partial charge in [0.1, 0.15) is 18.1 Å². The van der Waals surface area contributed by atoms with Crippen LogP contribution >= 0.6 is 0 Å². The molecule has 4 atom stereocenters. The van der Waals surface area contributed by atoms with Gasteiger partial charge in [0, 0.05) is 6.54 Å². The van der Waals surface area contributed by atoms with Crippen LogP contribution in [0.1, 0.15) is 33.1 Å². The molecule has 0 spiro atoms. The third-order valence-corrected chi connectivity index (χ3v) is 4.36. The number of amides is 3. The van der Waals surface area contributed by atoms with Crippen LogP contribution in [0.3, 0.4) is 0 Å². The van der Waals surface area contributed by atoms with E-state index in [4.69, 9.17) is 22.3 Å². The number of nitrogens with one attached hydrogen (secondary N) is 3. The molecular formula is C18H33N7O8. The Morgan fingerprint density at radius 3 is 1.91 bits per heavy atom. The number of guanidine groups is 1. The van der Waals surface area contributed by atoms with Crippen molar-refractivity contribution in [2.24, 2.45) is 28.1 Å². The van der Waals surface area contributed by atoms with Gasteiger partial charge in [0.2, 0.25) is 17.7 Å². The SMILES string of the molecule is CC(C)C(NC(=O)C(CCCN=C(N)N)NC(=O)C(CO)NC(=O)C(N)CC(=O)O)C(=O)O. The molecule has 0 radical (unpaired) electrons. The molecule has 188 valence electrons. The minimum absolute atomic E-state index is 0.00338. The number of rotatable bonds is 15. The van der Waals surface area contributed by atoms with Crippen LogP contribution in [0.2, 0.25) is 0 Å². The van der Waals surface area contributed by atoms with Gasteiger partial charge in [0.05, 0.1) is 19.1 Å². The van der Waals surface area contributed by atoms with Crippen LogP contribution in [0, 0.1) is 5.92 Å². The van der Waals surface area contributed by atoms with Gasteiger partial charge in [-0.2, -0.15) is 0 Å². The predicted molar refractivity (Wildman–Crippen MR) is 115 cm³/mol. The summed E-state index contributed by atoms with van der Waals surface area (Å²) >= 11 is 0. The topological polar surface area (TPSA) is 273 Å². The molecule has 0 aromatic carbocycles. The van der Waals surface area contributed by atoms with Crippen molar-refractivity contribution < 1.29 is 39.3 Å². The van der Waals surface area contributed by atoms with E-state index in [1.165, 1.54) is 0 Å². The first-order valence-corrected chi connectivity index (χ1v) is 10.1. The van der Waals surface area contributed by atoms with Crippen molar-refractivity contribution in [1.29, 1.82) is 0 Å². The van der Waals surface area contributed by atoms with E-state index in [1.54, 1.807) is 13.8 Å². The second-order valence-corrected chi connectivity index (χ2v) is 7.53. The maximum absolute atomic E-state index is 12.7. The van der Waals surface area contributed by atoms with E-state index >= 15 is 0 Å². The number of carbonyl (C=O) groups excluding carboxylic acids is 3. The number of aliphatic imine (C=N–C) groups is 1. The monoisotopic (exact) mass is 475 g/mol. The zero-order valence-corrected chi connectivity index (χ0v) is 18.5. The molecule has 33 heavy (non-hydrogen) atoms. The number of aliphatic hydroxyl groups is 1. The smallest absolute Gasteiger partial charge is 0.326 e. The zero-order chi connectivity index (χ0) is 25.7. The van der Waals surface area contributed by atoms with Crippen molar-refractivity contribution in [1.82, 2.24) is 16.0 Å². The molecule has 15 heteroatoms. The lowest BCUT2D eigenvalue weighted by Crippen LogP contribution is -2.58. The number of carboxylic acid groups (broad SMARTS) is 2. The molecule has 0 heterocycles. The number of carboxylic acids is 2. The molecule has 0 aromatic rings. The molecule has 0 aliphatic rings. The Hall–Kier alpha value is -3.46. The average molecular weight is 476 g/mol. The van der Waals surface area contributed by atoms with Crippen molar-refractivity contribution in [3.8, 4) is 0 Å². The third kappa shape index (κ3) is 11.6. The van der Waals surface area contributed by atoms with Crippen LogP contribution in [0.25, 0.3) is 0 Å². The lowest BCUT2D eigenvalue weighted by molar-refractivity contribution is -0.143. The van der Waals surface area contributed by atoms with E-state index in [1.807, 2.05) is 0 Å². The number of nitrogens with zero attached hydrogens (tertiary/aromatic N) is 1. The van der Waals surface area contributed by atoms with Gasteiger partial charge in [0.15, 0.2) is 5.96 Å². The van der Waals surface area contributed by atoms with Crippen molar-refractivity contribution in [2.45, 2.75) is 57.3 Å². The lowest BCUT2D eigenvalue weighted by Gasteiger charge is -2.25. The van der Waals surface area contributed by atoms with E-state index in [-0.39, 0.29) is 25.3 Å². The molecule has 0 saturated heterocycles. The molecule has 0 saturated carbocycles. The van der Waals surface area contributed by atoms with E-state index in [0.717, 1.165) is 0 Å². The summed E-state index contributed by atoms with van der Waals surface area (Å²) in [6.45, 7) is 2.42. The number of carbonyl (C=O) groups is 5. The molecule has 0 aliphatic heterocycles. The highest BCUT2D eigenvalue weighted by Crippen LogP contribution is 2.05. The van der Waals surface area contributed by atoms with Crippen molar-refractivity contribution >= 4 is 35.6 Å². The molecular weight excluding hydrogens is 442 g/mol. The summed E-state index contributed by atoms with van der Waals surface area (Å²) in [5, 5.41) is 34.2. The van der Waals surface area contributed by atoms with Crippen LogP contribution in [0.4, 0.5) is 0 Å². The highest BCUT2D eigenvalue weighted by molar-refractivity contribution is 5.94. The number of hydrogen-bond acceptors (Lipinski definition) is 8. The van der Waals surface area contributed by atoms with Gasteiger partial charge < -0.3 is 48.5 Å². The van der Waals surface area contributed by atoms with Crippen LogP contribution < -0.4 is 33.2 Å². The molecule has 0 fully saturated rings. The van der Waals surface area contributed by atoms with Crippen molar-refractivity contribution in [2.75, 3.05) is 13.2 Å². The summed E-state index contributed by atoms with van der Waals surface area (Å²) in [5.41, 5.74) is 15.9. The normalized spacial score (nSPS) is 14.3. The van der Waals surface area contributed by atoms with Crippen molar-refractivity contribution in [3.05, 3.63) is 0 Å². The molecule has 3 amide bonds. The van der Waals surface area contributed by atoms with Gasteiger partial charge in [-0.05, 0) is 18.8 Å². The lowest BCUT2D eigenvalue weighted by atomic mass is 10.0. The first kappa shape index (κ1) is 29.5. The number of nitrogens with two attached hydrogens (primary N) is 3. The van der Waals surface area contributed by atoms with E-state index in [2.05, 4.69) is 20.9 Å². The maximum Gasteiger partial charge on any atom is 0.326 e. The highest BCUT2D eigenvalue weighted by atomic mass is 16.4. The number of aliphatic carboxylic acids is 2. The van der Waals surface area contributed by atoms with E-state index in [0.29, 0.717) is 0 Å². The summed E-state index contributed by atoms with van der Waals surface area (Å²) in [6, 6.07) is -5.47. The Labute approximate surface area is 190 Å². The molecule has 4 unspecified atom stereocenters. The Morgan fingerprint density at radius 1 is 0.909 bits per heavy atom. The standard InChI is InChI=1S/C18H33N7O8/c1-8(2)13(17(32)33)25-15(30)10(4-3-5-22-18(20)21)23-16(31)11(7-26)24-14(29)9(19)6-12(27)28/h8-11,13,26H,3-7,19H2,1-2H3,(H,23,31)(H,24,29)(H,25,30)(H,27,28)(H,32,33)(H4,20,21,22). The molecule has 0 rings (SSSR count). The van der Waals surface area contributed by atoms with Crippen LogP contribution in [-0.2, 0) is 24.0 Å². The Kier molecular flexibility index (Phi) is 13.0. The summed E-state index contributed by atoms with van der Waals surface area (Å²) < 4.78 is 0. The molecule has 15 nitrogen and oxygen atoms in total. The fraction of sp³-hybridized carbons (Fsp3) is 0.667. The van der Waals surface area contributed by atoms with Crippen molar-refractivity contribution in [3.63, 3.8) is 0 Å². The fourth-order valence-electron chi connectivity index (χ4n) is 2.57. The van der Waals surface area contributed by atoms with Gasteiger partial charge in [-0.1, -0.05) is 13.8 Å². The van der Waals surface area contributed by atoms with Crippen LogP contribution in [-0.4, -0.2) is 88.3 Å². The Balaban J connectivity index is 5.39.